The fourth-order valence-electron chi connectivity index (χ4n) is 1.66. The van der Waals surface area contributed by atoms with Gasteiger partial charge in [0.05, 0.1) is 18.0 Å². The zero-order chi connectivity index (χ0) is 13.8. The highest BCUT2D eigenvalue weighted by Crippen LogP contribution is 2.10. The van der Waals surface area contributed by atoms with E-state index in [1.54, 1.807) is 0 Å². The van der Waals surface area contributed by atoms with E-state index in [0.717, 1.165) is 5.56 Å². The summed E-state index contributed by atoms with van der Waals surface area (Å²) >= 11 is 0. The molecule has 0 amide bonds. The molecular weight excluding hydrogens is 252 g/mol. The van der Waals surface area contributed by atoms with Crippen LogP contribution in [0.4, 0.5) is 0 Å². The molecule has 1 aromatic rings. The lowest BCUT2D eigenvalue weighted by molar-refractivity contribution is 0.367. The molecule has 0 aliphatic carbocycles. The van der Waals surface area contributed by atoms with E-state index in [0.29, 0.717) is 13.0 Å². The fourth-order valence-corrected chi connectivity index (χ4v) is 2.21. The van der Waals surface area contributed by atoms with Gasteiger partial charge in [-0.1, -0.05) is 0 Å². The van der Waals surface area contributed by atoms with E-state index in [-0.39, 0.29) is 17.8 Å². The molecule has 0 aliphatic rings. The molecule has 6 nitrogen and oxygen atoms in total. The second-order valence-corrected chi connectivity index (χ2v) is 6.44. The van der Waals surface area contributed by atoms with Gasteiger partial charge < -0.3 is 5.32 Å². The van der Waals surface area contributed by atoms with Gasteiger partial charge in [0.15, 0.2) is 0 Å². The van der Waals surface area contributed by atoms with Gasteiger partial charge in [-0.15, -0.1) is 0 Å². The van der Waals surface area contributed by atoms with Crippen LogP contribution in [0.25, 0.3) is 0 Å². The van der Waals surface area contributed by atoms with Crippen LogP contribution in [0.15, 0.2) is 12.4 Å². The molecule has 0 saturated carbocycles. The van der Waals surface area contributed by atoms with Gasteiger partial charge in [-0.25, -0.2) is 13.6 Å². The first kappa shape index (κ1) is 15.1. The zero-order valence-electron chi connectivity index (χ0n) is 11.1. The average Bonchev–Trinajstić information content (AvgIpc) is 2.68. The van der Waals surface area contributed by atoms with Crippen LogP contribution in [-0.4, -0.2) is 36.5 Å². The molecule has 104 valence electrons. The number of sulfonamides is 1. The highest BCUT2D eigenvalue weighted by molar-refractivity contribution is 7.89. The standard InChI is InChI=1S/C11H22N4O2S/c1-9-7-14-15(8-9)11(3)10(2)13-5-4-6-18(12,16)17/h7-8,10-11,13H,4-6H2,1-3H3,(H2,12,16,17)/t10-,11+/m0/s1. The smallest absolute Gasteiger partial charge is 0.209 e. The van der Waals surface area contributed by atoms with E-state index >= 15 is 0 Å². The Morgan fingerprint density at radius 1 is 1.50 bits per heavy atom. The van der Waals surface area contributed by atoms with E-state index in [1.165, 1.54) is 0 Å². The largest absolute Gasteiger partial charge is 0.312 e. The lowest BCUT2D eigenvalue weighted by atomic mass is 10.1. The highest BCUT2D eigenvalue weighted by atomic mass is 32.2. The number of nitrogens with zero attached hydrogens (tertiary/aromatic N) is 2. The zero-order valence-corrected chi connectivity index (χ0v) is 11.9. The van der Waals surface area contributed by atoms with Crippen molar-refractivity contribution in [1.29, 1.82) is 0 Å². The molecule has 0 bridgehead atoms. The summed E-state index contributed by atoms with van der Waals surface area (Å²) in [7, 11) is -3.35. The molecule has 3 N–H and O–H groups in total. The Hall–Kier alpha value is -0.920. The Kier molecular flexibility index (Phi) is 5.30. The molecule has 0 aliphatic heterocycles. The number of nitrogens with two attached hydrogens (primary N) is 1. The molecule has 1 aromatic heterocycles. The summed E-state index contributed by atoms with van der Waals surface area (Å²) in [6.45, 7) is 6.75. The molecule has 7 heteroatoms. The van der Waals surface area contributed by atoms with Gasteiger partial charge in [-0.05, 0) is 39.3 Å². The van der Waals surface area contributed by atoms with Crippen molar-refractivity contribution in [1.82, 2.24) is 15.1 Å². The Labute approximate surface area is 109 Å². The molecule has 0 fully saturated rings. The van der Waals surface area contributed by atoms with E-state index in [2.05, 4.69) is 24.3 Å². The summed E-state index contributed by atoms with van der Waals surface area (Å²) in [5.41, 5.74) is 1.13. The van der Waals surface area contributed by atoms with Gasteiger partial charge in [-0.3, -0.25) is 4.68 Å². The Morgan fingerprint density at radius 2 is 2.17 bits per heavy atom. The first-order valence-corrected chi connectivity index (χ1v) is 7.76. The fraction of sp³-hybridized carbons (Fsp3) is 0.727. The molecule has 18 heavy (non-hydrogen) atoms. The van der Waals surface area contributed by atoms with Crippen molar-refractivity contribution < 1.29 is 8.42 Å². The van der Waals surface area contributed by atoms with Gasteiger partial charge in [0, 0.05) is 12.2 Å². The second kappa shape index (κ2) is 6.31. The molecule has 0 radical (unpaired) electrons. The molecule has 0 spiro atoms. The second-order valence-electron chi connectivity index (χ2n) is 4.70. The summed E-state index contributed by atoms with van der Waals surface area (Å²) in [5, 5.41) is 12.5. The van der Waals surface area contributed by atoms with Gasteiger partial charge in [0.1, 0.15) is 0 Å². The van der Waals surface area contributed by atoms with Crippen LogP contribution in [0.3, 0.4) is 0 Å². The third kappa shape index (κ3) is 5.16. The van der Waals surface area contributed by atoms with E-state index in [1.807, 2.05) is 24.0 Å². The molecule has 1 rings (SSSR count). The van der Waals surface area contributed by atoms with E-state index < -0.39 is 10.0 Å². The van der Waals surface area contributed by atoms with Crippen molar-refractivity contribution in [3.05, 3.63) is 18.0 Å². The van der Waals surface area contributed by atoms with Crippen molar-refractivity contribution in [2.24, 2.45) is 5.14 Å². The number of nitrogens with one attached hydrogen (secondary N) is 1. The minimum absolute atomic E-state index is 0.0159. The van der Waals surface area contributed by atoms with Gasteiger partial charge in [0.25, 0.3) is 0 Å². The predicted molar refractivity (Wildman–Crippen MR) is 71.7 cm³/mol. The molecule has 0 aromatic carbocycles. The van der Waals surface area contributed by atoms with E-state index in [4.69, 9.17) is 5.14 Å². The first-order chi connectivity index (χ1) is 8.29. The van der Waals surface area contributed by atoms with Crippen LogP contribution in [0.1, 0.15) is 31.9 Å². The van der Waals surface area contributed by atoms with Crippen LogP contribution in [-0.2, 0) is 10.0 Å². The van der Waals surface area contributed by atoms with Crippen molar-refractivity contribution >= 4 is 10.0 Å². The number of aryl methyl sites for hydroxylation is 1. The summed E-state index contributed by atoms with van der Waals surface area (Å²) in [4.78, 5) is 0. The number of hydrogen-bond donors (Lipinski definition) is 2. The average molecular weight is 274 g/mol. The predicted octanol–water partition coefficient (Wildman–Crippen LogP) is 0.409. The molecule has 2 atom stereocenters. The normalized spacial score (nSPS) is 15.6. The number of primary sulfonamides is 1. The highest BCUT2D eigenvalue weighted by Gasteiger charge is 2.14. The molecule has 0 saturated heterocycles. The quantitative estimate of drug-likeness (QED) is 0.705. The van der Waals surface area contributed by atoms with Crippen molar-refractivity contribution in [2.45, 2.75) is 39.3 Å². The SMILES string of the molecule is Cc1cnn([C@H](C)[C@H](C)NCCCS(N)(=O)=O)c1. The topological polar surface area (TPSA) is 90.0 Å². The van der Waals surface area contributed by atoms with Gasteiger partial charge in [0.2, 0.25) is 10.0 Å². The van der Waals surface area contributed by atoms with Crippen LogP contribution < -0.4 is 10.5 Å². The van der Waals surface area contributed by atoms with Crippen LogP contribution >= 0.6 is 0 Å². The van der Waals surface area contributed by atoms with Crippen LogP contribution in [0.2, 0.25) is 0 Å². The minimum atomic E-state index is -3.35. The monoisotopic (exact) mass is 274 g/mol. The maximum absolute atomic E-state index is 10.8. The van der Waals surface area contributed by atoms with Crippen LogP contribution in [0, 0.1) is 6.92 Å². The molecule has 0 unspecified atom stereocenters. The lowest BCUT2D eigenvalue weighted by Gasteiger charge is -2.21. The van der Waals surface area contributed by atoms with Crippen LogP contribution in [0.5, 0.6) is 0 Å². The third-order valence-corrected chi connectivity index (χ3v) is 3.80. The number of rotatable bonds is 7. The minimum Gasteiger partial charge on any atom is -0.312 e. The maximum atomic E-state index is 10.8. The third-order valence-electron chi connectivity index (χ3n) is 2.94. The number of hydrogen-bond acceptors (Lipinski definition) is 4. The summed E-state index contributed by atoms with van der Waals surface area (Å²) in [5.74, 6) is 0.0159. The molecular formula is C11H22N4O2S. The van der Waals surface area contributed by atoms with E-state index in [9.17, 15) is 8.42 Å². The lowest BCUT2D eigenvalue weighted by Crippen LogP contribution is -2.35. The van der Waals surface area contributed by atoms with Crippen molar-refractivity contribution in [3.8, 4) is 0 Å². The van der Waals surface area contributed by atoms with Gasteiger partial charge >= 0.3 is 0 Å². The van der Waals surface area contributed by atoms with Gasteiger partial charge in [-0.2, -0.15) is 5.10 Å². The Bertz CT molecular complexity index is 469. The van der Waals surface area contributed by atoms with Crippen molar-refractivity contribution in [2.75, 3.05) is 12.3 Å². The maximum Gasteiger partial charge on any atom is 0.209 e. The Morgan fingerprint density at radius 3 is 2.67 bits per heavy atom. The summed E-state index contributed by atoms with van der Waals surface area (Å²) in [6.07, 6.45) is 4.34. The first-order valence-electron chi connectivity index (χ1n) is 6.04. The summed E-state index contributed by atoms with van der Waals surface area (Å²) < 4.78 is 23.4. The number of aromatic nitrogens is 2. The van der Waals surface area contributed by atoms with Crippen molar-refractivity contribution in [3.63, 3.8) is 0 Å². The summed E-state index contributed by atoms with van der Waals surface area (Å²) in [6, 6.07) is 0.429. The molecule has 1 heterocycles. The Balaban J connectivity index is 2.34.